The van der Waals surface area contributed by atoms with Gasteiger partial charge in [0.25, 0.3) is 0 Å². The van der Waals surface area contributed by atoms with Crippen LogP contribution in [0, 0.1) is 0 Å². The van der Waals surface area contributed by atoms with Crippen LogP contribution in [0.15, 0.2) is 28.7 Å². The highest BCUT2D eigenvalue weighted by molar-refractivity contribution is 9.10. The van der Waals surface area contributed by atoms with E-state index in [4.69, 9.17) is 10.5 Å². The molecule has 1 aromatic carbocycles. The molecule has 84 valence electrons. The molecule has 0 radical (unpaired) electrons. The van der Waals surface area contributed by atoms with E-state index in [9.17, 15) is 5.11 Å². The highest BCUT2D eigenvalue weighted by atomic mass is 79.9. The van der Waals surface area contributed by atoms with Gasteiger partial charge < -0.3 is 15.6 Å². The Labute approximate surface area is 98.4 Å². The van der Waals surface area contributed by atoms with Gasteiger partial charge in [-0.15, -0.1) is 0 Å². The van der Waals surface area contributed by atoms with Crippen LogP contribution >= 0.6 is 15.9 Å². The monoisotopic (exact) mass is 273 g/mol. The zero-order chi connectivity index (χ0) is 11.1. The van der Waals surface area contributed by atoms with Gasteiger partial charge in [-0.2, -0.15) is 0 Å². The van der Waals surface area contributed by atoms with Crippen LogP contribution in [0.5, 0.6) is 5.75 Å². The number of benzene rings is 1. The lowest BCUT2D eigenvalue weighted by molar-refractivity contribution is 0.133. The van der Waals surface area contributed by atoms with Crippen molar-refractivity contribution in [1.82, 2.24) is 0 Å². The van der Waals surface area contributed by atoms with Gasteiger partial charge in [-0.05, 0) is 41.0 Å². The Morgan fingerprint density at radius 1 is 1.33 bits per heavy atom. The van der Waals surface area contributed by atoms with Crippen molar-refractivity contribution in [2.45, 2.75) is 18.9 Å². The maximum atomic E-state index is 9.42. The van der Waals surface area contributed by atoms with Gasteiger partial charge in [0.05, 0.1) is 17.2 Å². The molecule has 0 aliphatic rings. The number of aliphatic hydroxyl groups excluding tert-OH is 1. The third-order valence-electron chi connectivity index (χ3n) is 2.05. The summed E-state index contributed by atoms with van der Waals surface area (Å²) in [5, 5.41) is 9.42. The second-order valence-electron chi connectivity index (χ2n) is 3.30. The van der Waals surface area contributed by atoms with Crippen LogP contribution in [-0.2, 0) is 0 Å². The van der Waals surface area contributed by atoms with Crippen molar-refractivity contribution in [2.75, 3.05) is 13.2 Å². The lowest BCUT2D eigenvalue weighted by Crippen LogP contribution is -2.16. The summed E-state index contributed by atoms with van der Waals surface area (Å²) >= 11 is 3.39. The molecule has 0 saturated heterocycles. The fourth-order valence-corrected chi connectivity index (χ4v) is 1.60. The van der Waals surface area contributed by atoms with Crippen LogP contribution in [0.1, 0.15) is 12.8 Å². The van der Waals surface area contributed by atoms with Crippen LogP contribution in [0.25, 0.3) is 0 Å². The summed E-state index contributed by atoms with van der Waals surface area (Å²) < 4.78 is 6.44. The number of hydrogen-bond acceptors (Lipinski definition) is 3. The molecule has 0 aromatic heterocycles. The summed E-state index contributed by atoms with van der Waals surface area (Å²) in [5.74, 6) is 0.803. The number of aliphatic hydroxyl groups is 1. The number of halogens is 1. The zero-order valence-corrected chi connectivity index (χ0v) is 10.1. The summed E-state index contributed by atoms with van der Waals surface area (Å²) in [6.07, 6.45) is 0.871. The average molecular weight is 274 g/mol. The molecule has 0 amide bonds. The smallest absolute Gasteiger partial charge is 0.133 e. The molecular weight excluding hydrogens is 258 g/mol. The molecule has 0 bridgehead atoms. The largest absolute Gasteiger partial charge is 0.492 e. The van der Waals surface area contributed by atoms with Gasteiger partial charge in [0.1, 0.15) is 5.75 Å². The molecule has 0 heterocycles. The number of hydrogen-bond donors (Lipinski definition) is 2. The third-order valence-corrected chi connectivity index (χ3v) is 2.70. The Balaban J connectivity index is 2.29. The first-order valence-corrected chi connectivity index (χ1v) is 5.79. The van der Waals surface area contributed by atoms with Crippen molar-refractivity contribution in [1.29, 1.82) is 0 Å². The van der Waals surface area contributed by atoms with Gasteiger partial charge in [-0.1, -0.05) is 12.1 Å². The van der Waals surface area contributed by atoms with Crippen LogP contribution < -0.4 is 10.5 Å². The maximum absolute atomic E-state index is 9.42. The summed E-state index contributed by atoms with van der Waals surface area (Å²) in [4.78, 5) is 0. The maximum Gasteiger partial charge on any atom is 0.133 e. The minimum absolute atomic E-state index is 0.363. The molecule has 0 aliphatic heterocycles. The van der Waals surface area contributed by atoms with Crippen LogP contribution in [-0.4, -0.2) is 24.4 Å². The van der Waals surface area contributed by atoms with E-state index in [-0.39, 0.29) is 6.10 Å². The summed E-state index contributed by atoms with van der Waals surface area (Å²) in [7, 11) is 0. The Morgan fingerprint density at radius 2 is 2.07 bits per heavy atom. The van der Waals surface area contributed by atoms with Crippen molar-refractivity contribution < 1.29 is 9.84 Å². The average Bonchev–Trinajstić information content (AvgIpc) is 2.21. The predicted octanol–water partition coefficient (Wildman–Crippen LogP) is 1.93. The van der Waals surface area contributed by atoms with Gasteiger partial charge in [0, 0.05) is 6.42 Å². The standard InChI is InChI=1S/C11H16BrNO2/c12-10-3-1-2-4-11(10)15-8-6-9(14)5-7-13/h1-4,9,14H,5-8,13H2. The second-order valence-corrected chi connectivity index (χ2v) is 4.15. The summed E-state index contributed by atoms with van der Waals surface area (Å²) in [6.45, 7) is 1.01. The number of rotatable bonds is 6. The SMILES string of the molecule is NCCC(O)CCOc1ccccc1Br. The molecule has 1 unspecified atom stereocenters. The highest BCUT2D eigenvalue weighted by Crippen LogP contribution is 2.23. The molecule has 1 atom stereocenters. The van der Waals surface area contributed by atoms with Crippen LogP contribution in [0.4, 0.5) is 0 Å². The fraction of sp³-hybridized carbons (Fsp3) is 0.455. The molecule has 0 fully saturated rings. The molecule has 4 heteroatoms. The lowest BCUT2D eigenvalue weighted by Gasteiger charge is -2.11. The van der Waals surface area contributed by atoms with Gasteiger partial charge in [0.2, 0.25) is 0 Å². The molecule has 0 saturated carbocycles. The summed E-state index contributed by atoms with van der Waals surface area (Å²) in [5.41, 5.74) is 5.33. The minimum Gasteiger partial charge on any atom is -0.492 e. The Kier molecular flexibility index (Phi) is 5.68. The number of ether oxygens (including phenoxy) is 1. The van der Waals surface area contributed by atoms with Gasteiger partial charge in [0.15, 0.2) is 0 Å². The Bertz CT molecular complexity index is 294. The lowest BCUT2D eigenvalue weighted by atomic mass is 10.2. The molecule has 3 N–H and O–H groups in total. The minimum atomic E-state index is -0.363. The normalized spacial score (nSPS) is 12.5. The van der Waals surface area contributed by atoms with E-state index < -0.39 is 0 Å². The first kappa shape index (κ1) is 12.5. The molecular formula is C11H16BrNO2. The van der Waals surface area contributed by atoms with Gasteiger partial charge >= 0.3 is 0 Å². The van der Waals surface area contributed by atoms with Crippen molar-refractivity contribution in [2.24, 2.45) is 5.73 Å². The number of para-hydroxylation sites is 1. The van der Waals surface area contributed by atoms with Crippen molar-refractivity contribution in [3.63, 3.8) is 0 Å². The number of nitrogens with two attached hydrogens (primary N) is 1. The van der Waals surface area contributed by atoms with Crippen molar-refractivity contribution in [3.8, 4) is 5.75 Å². The Morgan fingerprint density at radius 3 is 2.73 bits per heavy atom. The predicted molar refractivity (Wildman–Crippen MR) is 63.9 cm³/mol. The van der Waals surface area contributed by atoms with Crippen molar-refractivity contribution in [3.05, 3.63) is 28.7 Å². The third kappa shape index (κ3) is 4.64. The van der Waals surface area contributed by atoms with E-state index in [2.05, 4.69) is 15.9 Å². The van der Waals surface area contributed by atoms with E-state index in [1.54, 1.807) is 0 Å². The van der Waals surface area contributed by atoms with Gasteiger partial charge in [-0.3, -0.25) is 0 Å². The van der Waals surface area contributed by atoms with E-state index in [1.807, 2.05) is 24.3 Å². The fourth-order valence-electron chi connectivity index (χ4n) is 1.20. The molecule has 0 spiro atoms. The first-order valence-electron chi connectivity index (χ1n) is 4.99. The highest BCUT2D eigenvalue weighted by Gasteiger charge is 2.04. The quantitative estimate of drug-likeness (QED) is 0.833. The molecule has 3 nitrogen and oxygen atoms in total. The van der Waals surface area contributed by atoms with Crippen LogP contribution in [0.2, 0.25) is 0 Å². The van der Waals surface area contributed by atoms with E-state index in [0.29, 0.717) is 26.0 Å². The Hall–Kier alpha value is -0.580. The van der Waals surface area contributed by atoms with E-state index >= 15 is 0 Å². The zero-order valence-electron chi connectivity index (χ0n) is 8.53. The molecule has 1 aromatic rings. The first-order chi connectivity index (χ1) is 7.24. The van der Waals surface area contributed by atoms with Crippen molar-refractivity contribution >= 4 is 15.9 Å². The molecule has 15 heavy (non-hydrogen) atoms. The topological polar surface area (TPSA) is 55.5 Å². The van der Waals surface area contributed by atoms with E-state index in [1.165, 1.54) is 0 Å². The molecule has 0 aliphatic carbocycles. The summed E-state index contributed by atoms with van der Waals surface area (Å²) in [6, 6.07) is 7.65. The van der Waals surface area contributed by atoms with Crippen LogP contribution in [0.3, 0.4) is 0 Å². The molecule has 1 rings (SSSR count). The second kappa shape index (κ2) is 6.82. The van der Waals surface area contributed by atoms with Gasteiger partial charge in [-0.25, -0.2) is 0 Å². The van der Waals surface area contributed by atoms with E-state index in [0.717, 1.165) is 10.2 Å².